The molecule has 3 heterocycles. The third-order valence-corrected chi connectivity index (χ3v) is 4.10. The molecule has 0 spiro atoms. The van der Waals surface area contributed by atoms with Gasteiger partial charge in [-0.05, 0) is 18.2 Å². The van der Waals surface area contributed by atoms with Crippen LogP contribution in [0.2, 0.25) is 0 Å². The fourth-order valence-electron chi connectivity index (χ4n) is 2.88. The van der Waals surface area contributed by atoms with Gasteiger partial charge in [-0.1, -0.05) is 0 Å². The first-order valence-electron chi connectivity index (χ1n) is 7.58. The predicted octanol–water partition coefficient (Wildman–Crippen LogP) is 2.02. The van der Waals surface area contributed by atoms with Crippen LogP contribution in [-0.2, 0) is 7.05 Å². The number of aryl methyl sites for hydroxylation is 1. The lowest BCUT2D eigenvalue weighted by Crippen LogP contribution is -2.38. The van der Waals surface area contributed by atoms with E-state index in [0.717, 1.165) is 0 Å². The van der Waals surface area contributed by atoms with Crippen molar-refractivity contribution in [3.8, 4) is 11.5 Å². The third-order valence-electron chi connectivity index (χ3n) is 4.10. The average molecular weight is 324 g/mol. The molecule has 0 fully saturated rings. The predicted molar refractivity (Wildman–Crippen MR) is 88.7 cm³/mol. The smallest absolute Gasteiger partial charge is 0.260 e. The molecule has 0 saturated heterocycles. The van der Waals surface area contributed by atoms with Gasteiger partial charge in [0.1, 0.15) is 23.6 Å². The van der Waals surface area contributed by atoms with E-state index in [1.165, 1.54) is 0 Å². The topological polar surface area (TPSA) is 69.5 Å². The second-order valence-corrected chi connectivity index (χ2v) is 5.53. The van der Waals surface area contributed by atoms with Crippen molar-refractivity contribution < 1.29 is 14.3 Å². The largest absolute Gasteiger partial charge is 0.497 e. The molecule has 0 N–H and O–H groups in total. The van der Waals surface area contributed by atoms with Crippen LogP contribution in [0.15, 0.2) is 36.8 Å². The number of aromatic nitrogens is 3. The second kappa shape index (κ2) is 5.52. The molecule has 2 aromatic heterocycles. The summed E-state index contributed by atoms with van der Waals surface area (Å²) in [4.78, 5) is 23.4. The Hall–Kier alpha value is -3.09. The number of fused-ring (bicyclic) bond motifs is 2. The summed E-state index contributed by atoms with van der Waals surface area (Å²) in [7, 11) is 3.45. The van der Waals surface area contributed by atoms with E-state index in [0.29, 0.717) is 47.1 Å². The number of hydrogen-bond donors (Lipinski definition) is 0. The molecule has 7 nitrogen and oxygen atoms in total. The Morgan fingerprint density at radius 2 is 2.17 bits per heavy atom. The Labute approximate surface area is 138 Å². The van der Waals surface area contributed by atoms with Gasteiger partial charge in [0.15, 0.2) is 5.65 Å². The van der Waals surface area contributed by atoms with Crippen LogP contribution >= 0.6 is 0 Å². The molecule has 1 aromatic carbocycles. The van der Waals surface area contributed by atoms with Gasteiger partial charge in [-0.15, -0.1) is 0 Å². The van der Waals surface area contributed by atoms with Crippen LogP contribution in [0.4, 0.5) is 5.69 Å². The number of nitrogens with zero attached hydrogens (tertiary/aromatic N) is 4. The summed E-state index contributed by atoms with van der Waals surface area (Å²) in [6, 6.07) is 7.14. The quantitative estimate of drug-likeness (QED) is 0.721. The van der Waals surface area contributed by atoms with Gasteiger partial charge in [0.05, 0.1) is 31.2 Å². The molecule has 24 heavy (non-hydrogen) atoms. The minimum atomic E-state index is -0.126. The van der Waals surface area contributed by atoms with Gasteiger partial charge in [-0.3, -0.25) is 4.79 Å². The van der Waals surface area contributed by atoms with E-state index in [2.05, 4.69) is 9.97 Å². The lowest BCUT2D eigenvalue weighted by molar-refractivity contribution is 0.0978. The number of amides is 1. The molecule has 4 rings (SSSR count). The van der Waals surface area contributed by atoms with Gasteiger partial charge in [-0.25, -0.2) is 9.97 Å². The maximum absolute atomic E-state index is 13.1. The van der Waals surface area contributed by atoms with Gasteiger partial charge < -0.3 is 18.9 Å². The third kappa shape index (κ3) is 2.17. The van der Waals surface area contributed by atoms with Crippen LogP contribution in [-0.4, -0.2) is 40.7 Å². The summed E-state index contributed by atoms with van der Waals surface area (Å²) >= 11 is 0. The first-order chi connectivity index (χ1) is 11.7. The lowest BCUT2D eigenvalue weighted by Gasteiger charge is -2.29. The molecule has 1 aliphatic rings. The van der Waals surface area contributed by atoms with Crippen LogP contribution in [0, 0.1) is 0 Å². The zero-order valence-electron chi connectivity index (χ0n) is 13.4. The highest BCUT2D eigenvalue weighted by molar-refractivity contribution is 6.13. The first kappa shape index (κ1) is 14.5. The maximum Gasteiger partial charge on any atom is 0.260 e. The van der Waals surface area contributed by atoms with Gasteiger partial charge >= 0.3 is 0 Å². The van der Waals surface area contributed by atoms with Gasteiger partial charge in [-0.2, -0.15) is 0 Å². The summed E-state index contributed by atoms with van der Waals surface area (Å²) < 4.78 is 12.7. The second-order valence-electron chi connectivity index (χ2n) is 5.53. The summed E-state index contributed by atoms with van der Waals surface area (Å²) in [5.74, 6) is 1.22. The molecule has 0 atom stereocenters. The molecular formula is C17H16N4O3. The molecule has 1 amide bonds. The molecule has 0 bridgehead atoms. The Morgan fingerprint density at radius 3 is 3.00 bits per heavy atom. The summed E-state index contributed by atoms with van der Waals surface area (Å²) in [6.45, 7) is 0.914. The Morgan fingerprint density at radius 1 is 1.29 bits per heavy atom. The normalized spacial score (nSPS) is 13.5. The van der Waals surface area contributed by atoms with E-state index in [9.17, 15) is 4.79 Å². The minimum Gasteiger partial charge on any atom is -0.497 e. The van der Waals surface area contributed by atoms with Crippen molar-refractivity contribution in [1.29, 1.82) is 0 Å². The number of methoxy groups -OCH3 is 1. The van der Waals surface area contributed by atoms with Crippen LogP contribution in [0.3, 0.4) is 0 Å². The monoisotopic (exact) mass is 324 g/mol. The number of benzene rings is 1. The fourth-order valence-corrected chi connectivity index (χ4v) is 2.88. The van der Waals surface area contributed by atoms with Gasteiger partial charge in [0, 0.05) is 19.3 Å². The van der Waals surface area contributed by atoms with E-state index >= 15 is 0 Å². The molecule has 0 unspecified atom stereocenters. The van der Waals surface area contributed by atoms with Crippen molar-refractivity contribution in [3.05, 3.63) is 42.4 Å². The van der Waals surface area contributed by atoms with Crippen LogP contribution in [0.5, 0.6) is 11.5 Å². The number of anilines is 1. The highest BCUT2D eigenvalue weighted by atomic mass is 16.5. The average Bonchev–Trinajstić information content (AvgIpc) is 3.01. The number of ether oxygens (including phenoxy) is 2. The highest BCUT2D eigenvalue weighted by Crippen LogP contribution is 2.36. The summed E-state index contributed by atoms with van der Waals surface area (Å²) in [6.07, 6.45) is 3.29. The van der Waals surface area contributed by atoms with Crippen LogP contribution in [0.25, 0.3) is 11.2 Å². The molecule has 0 radical (unpaired) electrons. The molecule has 0 saturated carbocycles. The standard InChI is InChI=1S/C17H16N4O3/c1-20-10-19-15-12(5-6-18-16(15)20)17(22)21-7-8-24-14-4-3-11(23-2)9-13(14)21/h3-6,9-10H,7-8H2,1-2H3. The number of pyridine rings is 1. The number of hydrogen-bond acceptors (Lipinski definition) is 5. The van der Waals surface area contributed by atoms with E-state index in [-0.39, 0.29) is 5.91 Å². The molecule has 0 aliphatic carbocycles. The van der Waals surface area contributed by atoms with E-state index in [1.54, 1.807) is 35.2 Å². The lowest BCUT2D eigenvalue weighted by atomic mass is 10.1. The van der Waals surface area contributed by atoms with E-state index in [4.69, 9.17) is 9.47 Å². The molecule has 1 aliphatic heterocycles. The fraction of sp³-hybridized carbons (Fsp3) is 0.235. The molecular weight excluding hydrogens is 308 g/mol. The van der Waals surface area contributed by atoms with Crippen LogP contribution in [0.1, 0.15) is 10.4 Å². The number of carbonyl (C=O) groups is 1. The Kier molecular flexibility index (Phi) is 3.34. The zero-order valence-corrected chi connectivity index (χ0v) is 13.4. The molecule has 122 valence electrons. The van der Waals surface area contributed by atoms with Crippen molar-refractivity contribution in [2.45, 2.75) is 0 Å². The maximum atomic E-state index is 13.1. The van der Waals surface area contributed by atoms with Crippen molar-refractivity contribution in [3.63, 3.8) is 0 Å². The number of imidazole rings is 1. The summed E-state index contributed by atoms with van der Waals surface area (Å²) in [5.41, 5.74) is 2.50. The van der Waals surface area contributed by atoms with Crippen molar-refractivity contribution in [2.75, 3.05) is 25.2 Å². The Bertz CT molecular complexity index is 935. The van der Waals surface area contributed by atoms with Gasteiger partial charge in [0.25, 0.3) is 5.91 Å². The van der Waals surface area contributed by atoms with Crippen molar-refractivity contribution in [2.24, 2.45) is 7.05 Å². The van der Waals surface area contributed by atoms with Crippen molar-refractivity contribution in [1.82, 2.24) is 14.5 Å². The van der Waals surface area contributed by atoms with E-state index < -0.39 is 0 Å². The SMILES string of the molecule is COc1ccc2c(c1)N(C(=O)c1ccnc3c1ncn3C)CCO2. The summed E-state index contributed by atoms with van der Waals surface area (Å²) in [5, 5.41) is 0. The molecule has 3 aromatic rings. The minimum absolute atomic E-state index is 0.126. The highest BCUT2D eigenvalue weighted by Gasteiger charge is 2.27. The first-order valence-corrected chi connectivity index (χ1v) is 7.58. The number of carbonyl (C=O) groups excluding carboxylic acids is 1. The zero-order chi connectivity index (χ0) is 16.7. The van der Waals surface area contributed by atoms with Crippen LogP contribution < -0.4 is 14.4 Å². The van der Waals surface area contributed by atoms with E-state index in [1.807, 2.05) is 25.2 Å². The molecule has 7 heteroatoms. The number of rotatable bonds is 2. The van der Waals surface area contributed by atoms with Crippen molar-refractivity contribution >= 4 is 22.8 Å². The van der Waals surface area contributed by atoms with Gasteiger partial charge in [0.2, 0.25) is 0 Å². The Balaban J connectivity index is 1.81.